The molecule has 3 nitrogen and oxygen atoms in total. The molecule has 4 heteroatoms. The van der Waals surface area contributed by atoms with Crippen molar-refractivity contribution in [3.05, 3.63) is 29.3 Å². The van der Waals surface area contributed by atoms with Gasteiger partial charge < -0.3 is 15.2 Å². The minimum Gasteiger partial charge on any atom is -0.491 e. The summed E-state index contributed by atoms with van der Waals surface area (Å²) in [6.45, 7) is 1.88. The standard InChI is InChI=1S/C14H20ClNO2/c15-12-3-5-14(6-4-12)18-10-13(17)9-16-8-7-11-1-2-11/h3-6,11,13,16-17H,1-2,7-10H2. The Morgan fingerprint density at radius 1 is 1.33 bits per heavy atom. The smallest absolute Gasteiger partial charge is 0.119 e. The molecule has 1 atom stereocenters. The van der Waals surface area contributed by atoms with Gasteiger partial charge in [-0.25, -0.2) is 0 Å². The van der Waals surface area contributed by atoms with Gasteiger partial charge in [0.2, 0.25) is 0 Å². The van der Waals surface area contributed by atoms with Gasteiger partial charge in [-0.2, -0.15) is 0 Å². The number of hydrogen-bond donors (Lipinski definition) is 2. The van der Waals surface area contributed by atoms with Crippen molar-refractivity contribution in [3.8, 4) is 5.75 Å². The second kappa shape index (κ2) is 6.98. The molecule has 1 fully saturated rings. The highest BCUT2D eigenvalue weighted by molar-refractivity contribution is 6.30. The Morgan fingerprint density at radius 3 is 2.72 bits per heavy atom. The summed E-state index contributed by atoms with van der Waals surface area (Å²) in [4.78, 5) is 0. The maximum absolute atomic E-state index is 9.73. The normalized spacial score (nSPS) is 16.6. The first-order valence-electron chi connectivity index (χ1n) is 6.51. The van der Waals surface area contributed by atoms with Crippen molar-refractivity contribution >= 4 is 11.6 Å². The van der Waals surface area contributed by atoms with Gasteiger partial charge in [-0.15, -0.1) is 0 Å². The van der Waals surface area contributed by atoms with Crippen LogP contribution in [0.5, 0.6) is 5.75 Å². The van der Waals surface area contributed by atoms with Gasteiger partial charge in [-0.05, 0) is 43.1 Å². The Labute approximate surface area is 113 Å². The van der Waals surface area contributed by atoms with Crippen molar-refractivity contribution < 1.29 is 9.84 Å². The van der Waals surface area contributed by atoms with Crippen LogP contribution in [0.2, 0.25) is 5.02 Å². The van der Waals surface area contributed by atoms with E-state index in [0.717, 1.165) is 18.2 Å². The molecule has 1 aromatic carbocycles. The molecule has 18 heavy (non-hydrogen) atoms. The van der Waals surface area contributed by atoms with Crippen LogP contribution in [0, 0.1) is 5.92 Å². The quantitative estimate of drug-likeness (QED) is 0.713. The van der Waals surface area contributed by atoms with Crippen LogP contribution in [0.25, 0.3) is 0 Å². The van der Waals surface area contributed by atoms with E-state index >= 15 is 0 Å². The van der Waals surface area contributed by atoms with Gasteiger partial charge in [0.25, 0.3) is 0 Å². The van der Waals surface area contributed by atoms with Crippen molar-refractivity contribution in [1.29, 1.82) is 0 Å². The van der Waals surface area contributed by atoms with Crippen LogP contribution in [-0.4, -0.2) is 30.9 Å². The van der Waals surface area contributed by atoms with Crippen molar-refractivity contribution in [3.63, 3.8) is 0 Å². The van der Waals surface area contributed by atoms with E-state index in [2.05, 4.69) is 5.32 Å². The molecule has 0 saturated heterocycles. The molecule has 0 heterocycles. The summed E-state index contributed by atoms with van der Waals surface area (Å²) in [6.07, 6.45) is 3.51. The topological polar surface area (TPSA) is 41.5 Å². The molecule has 0 radical (unpaired) electrons. The summed E-state index contributed by atoms with van der Waals surface area (Å²) in [5.41, 5.74) is 0. The third kappa shape index (κ3) is 5.25. The summed E-state index contributed by atoms with van der Waals surface area (Å²) in [5, 5.41) is 13.7. The zero-order chi connectivity index (χ0) is 12.8. The number of ether oxygens (including phenoxy) is 1. The van der Waals surface area contributed by atoms with Crippen LogP contribution < -0.4 is 10.1 Å². The monoisotopic (exact) mass is 269 g/mol. The van der Waals surface area contributed by atoms with E-state index in [1.54, 1.807) is 24.3 Å². The largest absolute Gasteiger partial charge is 0.491 e. The lowest BCUT2D eigenvalue weighted by Crippen LogP contribution is -2.32. The van der Waals surface area contributed by atoms with Gasteiger partial charge in [0.05, 0.1) is 0 Å². The molecule has 0 aliphatic heterocycles. The second-order valence-corrected chi connectivity index (χ2v) is 5.29. The van der Waals surface area contributed by atoms with Crippen LogP contribution in [-0.2, 0) is 0 Å². The molecule has 0 aromatic heterocycles. The fourth-order valence-corrected chi connectivity index (χ4v) is 1.89. The van der Waals surface area contributed by atoms with Crippen molar-refractivity contribution in [2.24, 2.45) is 5.92 Å². The zero-order valence-electron chi connectivity index (χ0n) is 10.4. The third-order valence-electron chi connectivity index (χ3n) is 3.06. The van der Waals surface area contributed by atoms with E-state index in [1.165, 1.54) is 19.3 Å². The van der Waals surface area contributed by atoms with Gasteiger partial charge in [0, 0.05) is 11.6 Å². The minimum atomic E-state index is -0.472. The highest BCUT2D eigenvalue weighted by atomic mass is 35.5. The lowest BCUT2D eigenvalue weighted by atomic mass is 10.3. The molecular formula is C14H20ClNO2. The molecule has 1 aromatic rings. The SMILES string of the molecule is OC(CNCCC1CC1)COc1ccc(Cl)cc1. The van der Waals surface area contributed by atoms with E-state index in [9.17, 15) is 5.11 Å². The summed E-state index contributed by atoms with van der Waals surface area (Å²) >= 11 is 5.77. The Morgan fingerprint density at radius 2 is 2.06 bits per heavy atom. The molecule has 2 N–H and O–H groups in total. The highest BCUT2D eigenvalue weighted by Crippen LogP contribution is 2.31. The number of rotatable bonds is 8. The molecule has 1 aliphatic carbocycles. The molecule has 0 bridgehead atoms. The number of nitrogens with one attached hydrogen (secondary N) is 1. The summed E-state index contributed by atoms with van der Waals surface area (Å²) < 4.78 is 5.46. The van der Waals surface area contributed by atoms with Crippen LogP contribution in [0.15, 0.2) is 24.3 Å². The Hall–Kier alpha value is -0.770. The maximum Gasteiger partial charge on any atom is 0.119 e. The number of benzene rings is 1. The zero-order valence-corrected chi connectivity index (χ0v) is 11.2. The average molecular weight is 270 g/mol. The number of halogens is 1. The van der Waals surface area contributed by atoms with Gasteiger partial charge in [0.1, 0.15) is 18.5 Å². The first-order valence-corrected chi connectivity index (χ1v) is 6.89. The number of hydrogen-bond acceptors (Lipinski definition) is 3. The van der Waals surface area contributed by atoms with E-state index in [0.29, 0.717) is 18.2 Å². The number of aliphatic hydroxyl groups excluding tert-OH is 1. The second-order valence-electron chi connectivity index (χ2n) is 4.85. The first kappa shape index (κ1) is 13.7. The van der Waals surface area contributed by atoms with E-state index in [-0.39, 0.29) is 0 Å². The predicted molar refractivity (Wildman–Crippen MR) is 73.2 cm³/mol. The Balaban J connectivity index is 1.55. The van der Waals surface area contributed by atoms with Gasteiger partial charge in [-0.1, -0.05) is 24.4 Å². The first-order chi connectivity index (χ1) is 8.74. The van der Waals surface area contributed by atoms with E-state index < -0.39 is 6.10 Å². The van der Waals surface area contributed by atoms with Crippen LogP contribution in [0.1, 0.15) is 19.3 Å². The van der Waals surface area contributed by atoms with E-state index in [1.807, 2.05) is 0 Å². The van der Waals surface area contributed by atoms with Crippen LogP contribution >= 0.6 is 11.6 Å². The molecule has 100 valence electrons. The van der Waals surface area contributed by atoms with E-state index in [4.69, 9.17) is 16.3 Å². The van der Waals surface area contributed by atoms with Crippen molar-refractivity contribution in [1.82, 2.24) is 5.32 Å². The summed E-state index contributed by atoms with van der Waals surface area (Å²) in [6, 6.07) is 7.15. The predicted octanol–water partition coefficient (Wildman–Crippen LogP) is 2.47. The third-order valence-corrected chi connectivity index (χ3v) is 3.31. The highest BCUT2D eigenvalue weighted by Gasteiger charge is 2.20. The molecule has 1 aliphatic rings. The fourth-order valence-electron chi connectivity index (χ4n) is 1.76. The molecule has 0 amide bonds. The molecule has 1 unspecified atom stereocenters. The minimum absolute atomic E-state index is 0.304. The van der Waals surface area contributed by atoms with Crippen molar-refractivity contribution in [2.45, 2.75) is 25.4 Å². The molecule has 2 rings (SSSR count). The number of aliphatic hydroxyl groups is 1. The van der Waals surface area contributed by atoms with Gasteiger partial charge >= 0.3 is 0 Å². The summed E-state index contributed by atoms with van der Waals surface area (Å²) in [7, 11) is 0. The lowest BCUT2D eigenvalue weighted by Gasteiger charge is -2.13. The summed E-state index contributed by atoms with van der Waals surface area (Å²) in [5.74, 6) is 1.66. The fraction of sp³-hybridized carbons (Fsp3) is 0.571. The molecule has 0 spiro atoms. The van der Waals surface area contributed by atoms with Crippen molar-refractivity contribution in [2.75, 3.05) is 19.7 Å². The Bertz CT molecular complexity index is 351. The van der Waals surface area contributed by atoms with Crippen LogP contribution in [0.4, 0.5) is 0 Å². The van der Waals surface area contributed by atoms with Gasteiger partial charge in [0.15, 0.2) is 0 Å². The maximum atomic E-state index is 9.73. The van der Waals surface area contributed by atoms with Crippen LogP contribution in [0.3, 0.4) is 0 Å². The molecule has 1 saturated carbocycles. The molecular weight excluding hydrogens is 250 g/mol. The lowest BCUT2D eigenvalue weighted by molar-refractivity contribution is 0.106. The Kier molecular flexibility index (Phi) is 5.29. The van der Waals surface area contributed by atoms with Gasteiger partial charge in [-0.3, -0.25) is 0 Å². The average Bonchev–Trinajstić information content (AvgIpc) is 3.18.